The van der Waals surface area contributed by atoms with Gasteiger partial charge in [-0.15, -0.1) is 0 Å². The molecule has 7 heteroatoms. The number of amides is 2. The fourth-order valence-corrected chi connectivity index (χ4v) is 3.40. The van der Waals surface area contributed by atoms with Crippen LogP contribution in [0.15, 0.2) is 53.1 Å². The molecule has 0 unspecified atom stereocenters. The lowest BCUT2D eigenvalue weighted by Crippen LogP contribution is -2.46. The lowest BCUT2D eigenvalue weighted by Gasteiger charge is -2.31. The molecule has 1 aromatic carbocycles. The SMILES string of the molecule is COc1ccc2nc(C(=O)NC3CCN(C(=O)c4ccco4)CC3)ccc2c1. The zero-order chi connectivity index (χ0) is 19.5. The standard InChI is InChI=1S/C21H21N3O4/c1-27-16-5-7-17-14(13-16)4-6-18(23-17)20(25)22-15-8-10-24(11-9-15)21(26)19-3-2-12-28-19/h2-7,12-13,15H,8-11H2,1H3,(H,22,25). The number of pyridine rings is 1. The van der Waals surface area contributed by atoms with E-state index in [0.717, 1.165) is 16.7 Å². The number of carbonyl (C=O) groups excluding carboxylic acids is 2. The van der Waals surface area contributed by atoms with Crippen molar-refractivity contribution in [3.63, 3.8) is 0 Å². The number of rotatable bonds is 4. The van der Waals surface area contributed by atoms with Crippen LogP contribution >= 0.6 is 0 Å². The van der Waals surface area contributed by atoms with Crippen molar-refractivity contribution in [2.45, 2.75) is 18.9 Å². The third-order valence-corrected chi connectivity index (χ3v) is 4.98. The molecule has 7 nitrogen and oxygen atoms in total. The molecule has 1 fully saturated rings. The Morgan fingerprint density at radius 1 is 1.18 bits per heavy atom. The summed E-state index contributed by atoms with van der Waals surface area (Å²) in [5.41, 5.74) is 1.12. The summed E-state index contributed by atoms with van der Waals surface area (Å²) in [5, 5.41) is 3.95. The van der Waals surface area contributed by atoms with E-state index in [0.29, 0.717) is 37.4 Å². The van der Waals surface area contributed by atoms with Gasteiger partial charge >= 0.3 is 0 Å². The van der Waals surface area contributed by atoms with Gasteiger partial charge in [-0.2, -0.15) is 0 Å². The summed E-state index contributed by atoms with van der Waals surface area (Å²) in [7, 11) is 1.61. The van der Waals surface area contributed by atoms with E-state index in [4.69, 9.17) is 9.15 Å². The molecule has 4 rings (SSSR count). The number of hydrogen-bond donors (Lipinski definition) is 1. The lowest BCUT2D eigenvalue weighted by molar-refractivity contribution is 0.0667. The molecular formula is C21H21N3O4. The van der Waals surface area contributed by atoms with Gasteiger partial charge in [-0.05, 0) is 49.2 Å². The Bertz CT molecular complexity index is 992. The van der Waals surface area contributed by atoms with Crippen LogP contribution in [0.1, 0.15) is 33.9 Å². The second-order valence-electron chi connectivity index (χ2n) is 6.77. The van der Waals surface area contributed by atoms with E-state index in [1.807, 2.05) is 24.3 Å². The number of aromatic nitrogens is 1. The highest BCUT2D eigenvalue weighted by Gasteiger charge is 2.26. The van der Waals surface area contributed by atoms with Crippen molar-refractivity contribution >= 4 is 22.7 Å². The molecule has 28 heavy (non-hydrogen) atoms. The molecule has 0 aliphatic carbocycles. The van der Waals surface area contributed by atoms with Crippen LogP contribution in [0, 0.1) is 0 Å². The van der Waals surface area contributed by atoms with Gasteiger partial charge in [0.15, 0.2) is 5.76 Å². The fourth-order valence-electron chi connectivity index (χ4n) is 3.40. The number of ether oxygens (including phenoxy) is 1. The van der Waals surface area contributed by atoms with Crippen molar-refractivity contribution < 1.29 is 18.7 Å². The van der Waals surface area contributed by atoms with Crippen LogP contribution in [0.5, 0.6) is 5.75 Å². The highest BCUT2D eigenvalue weighted by Crippen LogP contribution is 2.20. The molecule has 0 spiro atoms. The number of likely N-dealkylation sites (tertiary alicyclic amines) is 1. The van der Waals surface area contributed by atoms with Gasteiger partial charge < -0.3 is 19.4 Å². The highest BCUT2D eigenvalue weighted by molar-refractivity contribution is 5.95. The lowest BCUT2D eigenvalue weighted by atomic mass is 10.0. The first-order valence-electron chi connectivity index (χ1n) is 9.22. The summed E-state index contributed by atoms with van der Waals surface area (Å²) in [4.78, 5) is 31.1. The number of nitrogens with zero attached hydrogens (tertiary/aromatic N) is 2. The van der Waals surface area contributed by atoms with Gasteiger partial charge in [0.1, 0.15) is 11.4 Å². The van der Waals surface area contributed by atoms with Crippen LogP contribution in [-0.4, -0.2) is 47.9 Å². The molecule has 0 atom stereocenters. The minimum absolute atomic E-state index is 0.0153. The number of nitrogens with one attached hydrogen (secondary N) is 1. The fraction of sp³-hybridized carbons (Fsp3) is 0.286. The van der Waals surface area contributed by atoms with Crippen LogP contribution in [0.2, 0.25) is 0 Å². The topological polar surface area (TPSA) is 84.7 Å². The molecule has 0 saturated carbocycles. The third-order valence-electron chi connectivity index (χ3n) is 4.98. The molecule has 144 valence electrons. The molecule has 1 aliphatic heterocycles. The number of carbonyl (C=O) groups is 2. The van der Waals surface area contributed by atoms with Gasteiger partial charge in [-0.3, -0.25) is 9.59 Å². The van der Waals surface area contributed by atoms with Crippen molar-refractivity contribution in [1.82, 2.24) is 15.2 Å². The molecule has 3 aromatic rings. The molecule has 2 amide bonds. The summed E-state index contributed by atoms with van der Waals surface area (Å²) in [6.07, 6.45) is 2.89. The van der Waals surface area contributed by atoms with Gasteiger partial charge in [-0.25, -0.2) is 4.98 Å². The maximum Gasteiger partial charge on any atom is 0.289 e. The van der Waals surface area contributed by atoms with E-state index in [9.17, 15) is 9.59 Å². The summed E-state index contributed by atoms with van der Waals surface area (Å²) in [5.74, 6) is 0.789. The smallest absolute Gasteiger partial charge is 0.289 e. The van der Waals surface area contributed by atoms with E-state index < -0.39 is 0 Å². The minimum Gasteiger partial charge on any atom is -0.497 e. The van der Waals surface area contributed by atoms with Crippen molar-refractivity contribution in [3.05, 3.63) is 60.2 Å². The Morgan fingerprint density at radius 2 is 2.00 bits per heavy atom. The average molecular weight is 379 g/mol. The van der Waals surface area contributed by atoms with Crippen molar-refractivity contribution in [2.24, 2.45) is 0 Å². The van der Waals surface area contributed by atoms with E-state index >= 15 is 0 Å². The molecule has 3 heterocycles. The normalized spacial score (nSPS) is 14.8. The molecule has 0 radical (unpaired) electrons. The van der Waals surface area contributed by atoms with E-state index in [-0.39, 0.29) is 17.9 Å². The van der Waals surface area contributed by atoms with Gasteiger partial charge in [0, 0.05) is 24.5 Å². The zero-order valence-corrected chi connectivity index (χ0v) is 15.6. The number of fused-ring (bicyclic) bond motifs is 1. The summed E-state index contributed by atoms with van der Waals surface area (Å²) in [6.45, 7) is 1.16. The maximum absolute atomic E-state index is 12.6. The van der Waals surface area contributed by atoms with E-state index in [1.165, 1.54) is 6.26 Å². The average Bonchev–Trinajstić information content (AvgIpc) is 3.28. The molecule has 1 saturated heterocycles. The first-order chi connectivity index (χ1) is 13.6. The van der Waals surface area contributed by atoms with Crippen molar-refractivity contribution in [3.8, 4) is 5.75 Å². The highest BCUT2D eigenvalue weighted by atomic mass is 16.5. The zero-order valence-electron chi connectivity index (χ0n) is 15.6. The number of piperidine rings is 1. The Hall–Kier alpha value is -3.35. The van der Waals surface area contributed by atoms with Crippen molar-refractivity contribution in [2.75, 3.05) is 20.2 Å². The Labute approximate surface area is 162 Å². The van der Waals surface area contributed by atoms with Gasteiger partial charge in [0.25, 0.3) is 11.8 Å². The van der Waals surface area contributed by atoms with Gasteiger partial charge in [0.2, 0.25) is 0 Å². The predicted molar refractivity (Wildman–Crippen MR) is 103 cm³/mol. The summed E-state index contributed by atoms with van der Waals surface area (Å²) in [6, 6.07) is 12.5. The van der Waals surface area contributed by atoms with Crippen LogP contribution in [0.3, 0.4) is 0 Å². The van der Waals surface area contributed by atoms with Crippen LogP contribution in [0.25, 0.3) is 10.9 Å². The second-order valence-corrected chi connectivity index (χ2v) is 6.77. The quantitative estimate of drug-likeness (QED) is 0.753. The number of benzene rings is 1. The first kappa shape index (κ1) is 18.0. The van der Waals surface area contributed by atoms with Crippen LogP contribution in [-0.2, 0) is 0 Å². The molecule has 1 N–H and O–H groups in total. The third kappa shape index (κ3) is 3.69. The predicted octanol–water partition coefficient (Wildman–Crippen LogP) is 2.87. The van der Waals surface area contributed by atoms with Crippen LogP contribution < -0.4 is 10.1 Å². The molecular weight excluding hydrogens is 358 g/mol. The Kier molecular flexibility index (Phi) is 4.97. The Morgan fingerprint density at radius 3 is 2.71 bits per heavy atom. The number of furan rings is 1. The maximum atomic E-state index is 12.6. The van der Waals surface area contributed by atoms with Crippen molar-refractivity contribution in [1.29, 1.82) is 0 Å². The molecule has 2 aromatic heterocycles. The number of hydrogen-bond acceptors (Lipinski definition) is 5. The minimum atomic E-state index is -0.200. The summed E-state index contributed by atoms with van der Waals surface area (Å²) >= 11 is 0. The van der Waals surface area contributed by atoms with E-state index in [1.54, 1.807) is 30.2 Å². The first-order valence-corrected chi connectivity index (χ1v) is 9.22. The van der Waals surface area contributed by atoms with Gasteiger partial charge in [-0.1, -0.05) is 6.07 Å². The molecule has 1 aliphatic rings. The van der Waals surface area contributed by atoms with Crippen LogP contribution in [0.4, 0.5) is 0 Å². The monoisotopic (exact) mass is 379 g/mol. The largest absolute Gasteiger partial charge is 0.497 e. The van der Waals surface area contributed by atoms with Gasteiger partial charge in [0.05, 0.1) is 18.9 Å². The number of methoxy groups -OCH3 is 1. The Balaban J connectivity index is 1.36. The summed E-state index contributed by atoms with van der Waals surface area (Å²) < 4.78 is 10.4. The van der Waals surface area contributed by atoms with E-state index in [2.05, 4.69) is 10.3 Å². The second kappa shape index (κ2) is 7.72. The molecule has 0 bridgehead atoms.